The molecule has 4 aliphatic rings. The van der Waals surface area contributed by atoms with Crippen LogP contribution in [-0.4, -0.2) is 13.4 Å². The van der Waals surface area contributed by atoms with Gasteiger partial charge in [-0.05, 0) is 64.9 Å². The summed E-state index contributed by atoms with van der Waals surface area (Å²) in [5.74, 6) is 3.03. The van der Waals surface area contributed by atoms with Gasteiger partial charge in [-0.15, -0.1) is 12.1 Å². The van der Waals surface area contributed by atoms with Gasteiger partial charge in [-0.25, -0.2) is 5.46 Å². The summed E-state index contributed by atoms with van der Waals surface area (Å²) in [7, 11) is 0. The summed E-state index contributed by atoms with van der Waals surface area (Å²) in [6.07, 6.45) is 0. The molecule has 0 spiro atoms. The van der Waals surface area contributed by atoms with E-state index < -0.39 is 0 Å². The Balaban J connectivity index is 0.00000161. The largest absolute Gasteiger partial charge is 0.508 e. The maximum atomic E-state index is 7.15. The number of rotatable bonds is 5. The van der Waals surface area contributed by atoms with E-state index in [0.29, 0.717) is 11.4 Å². The molecule has 3 radical (unpaired) electrons. The van der Waals surface area contributed by atoms with Crippen molar-refractivity contribution in [1.29, 1.82) is 0 Å². The summed E-state index contributed by atoms with van der Waals surface area (Å²) >= 11 is 0. The van der Waals surface area contributed by atoms with Crippen LogP contribution in [-0.2, 0) is 98.1 Å². The molecule has 0 N–H and O–H groups in total. The quantitative estimate of drug-likeness (QED) is 0.127. The molecule has 0 saturated heterocycles. The molecule has 9 aromatic rings. The number of hydrogen-bond donors (Lipinski definition) is 0. The Morgan fingerprint density at radius 3 is 1.58 bits per heavy atom. The van der Waals surface area contributed by atoms with Gasteiger partial charge in [0.2, 0.25) is 0 Å². The Kier molecular flexibility index (Phi) is 12.0. The van der Waals surface area contributed by atoms with Gasteiger partial charge in [0.15, 0.2) is 0 Å². The number of anilines is 9. The summed E-state index contributed by atoms with van der Waals surface area (Å²) in [6, 6.07) is 80.0. The SMILES string of the molecule is [Y].[Y].[Y].[c-]1ccccc1N(c1[c-]c2c3c([c-]1)N(c1ccccc1)c1ccccc1B3c1cc3c(cc1O2)Oc1cccc2c1B3c1ccccc1N2c1ccccc1)c1[c-]cccc1. The fraction of sp³-hybridized carbons (Fsp3) is 0. The molecule has 9 aromatic carbocycles. The van der Waals surface area contributed by atoms with Gasteiger partial charge < -0.3 is 30.2 Å². The topological polar surface area (TPSA) is 28.2 Å². The zero-order valence-electron chi connectivity index (χ0n) is 34.4. The molecule has 0 fully saturated rings. The van der Waals surface area contributed by atoms with Crippen LogP contribution in [0, 0.1) is 24.3 Å². The molecule has 64 heavy (non-hydrogen) atoms. The van der Waals surface area contributed by atoms with Crippen LogP contribution in [0.4, 0.5) is 51.2 Å². The van der Waals surface area contributed by atoms with Crippen LogP contribution >= 0.6 is 0 Å². The van der Waals surface area contributed by atoms with E-state index in [4.69, 9.17) is 9.47 Å². The third kappa shape index (κ3) is 6.84. The Bertz CT molecular complexity index is 3160. The van der Waals surface area contributed by atoms with Gasteiger partial charge in [0.25, 0.3) is 6.71 Å². The van der Waals surface area contributed by atoms with E-state index in [1.54, 1.807) is 0 Å². The van der Waals surface area contributed by atoms with E-state index in [9.17, 15) is 0 Å². The van der Waals surface area contributed by atoms with Crippen LogP contribution in [0.15, 0.2) is 188 Å². The molecule has 0 saturated carbocycles. The number of nitrogens with zero attached hydrogens (tertiary/aromatic N) is 3. The van der Waals surface area contributed by atoms with Crippen molar-refractivity contribution in [2.75, 3.05) is 14.7 Å². The molecule has 0 aromatic heterocycles. The minimum absolute atomic E-state index is 0. The summed E-state index contributed by atoms with van der Waals surface area (Å²) in [4.78, 5) is 6.78. The summed E-state index contributed by atoms with van der Waals surface area (Å²) in [5.41, 5.74) is 15.6. The number of fused-ring (bicyclic) bond motifs is 8. The van der Waals surface area contributed by atoms with Crippen LogP contribution in [0.1, 0.15) is 0 Å². The summed E-state index contributed by atoms with van der Waals surface area (Å²) in [6.45, 7) is -0.233. The smallest absolute Gasteiger partial charge is 0.256 e. The van der Waals surface area contributed by atoms with Crippen molar-refractivity contribution in [3.8, 4) is 23.0 Å². The first-order chi connectivity index (χ1) is 30.3. The van der Waals surface area contributed by atoms with Gasteiger partial charge in [-0.3, -0.25) is 6.07 Å². The zero-order valence-corrected chi connectivity index (χ0v) is 43.0. The van der Waals surface area contributed by atoms with E-state index >= 15 is 0 Å². The second-order valence-corrected chi connectivity index (χ2v) is 15.7. The Hall–Kier alpha value is -4.58. The second kappa shape index (κ2) is 17.7. The molecular weight excluding hydrogens is 1010 g/mol. The zero-order chi connectivity index (χ0) is 40.0. The number of hydrogen-bond acceptors (Lipinski definition) is 5. The number of benzene rings is 9. The maximum Gasteiger partial charge on any atom is 0.256 e. The van der Waals surface area contributed by atoms with Gasteiger partial charge in [0, 0.05) is 133 Å². The van der Waals surface area contributed by atoms with Gasteiger partial charge in [-0.1, -0.05) is 113 Å². The monoisotopic (exact) mass is 1040 g/mol. The van der Waals surface area contributed by atoms with Crippen molar-refractivity contribution < 1.29 is 108 Å². The number of para-hydroxylation sites is 6. The average Bonchev–Trinajstić information content (AvgIpc) is 3.32. The minimum atomic E-state index is -0.173. The predicted octanol–water partition coefficient (Wildman–Crippen LogP) is 9.16. The van der Waals surface area contributed by atoms with E-state index in [2.05, 4.69) is 178 Å². The molecule has 4 aliphatic heterocycles. The van der Waals surface area contributed by atoms with Crippen molar-refractivity contribution in [1.82, 2.24) is 0 Å². The van der Waals surface area contributed by atoms with E-state index in [1.165, 1.54) is 10.9 Å². The number of ether oxygens (including phenoxy) is 2. The molecule has 13 rings (SSSR count). The van der Waals surface area contributed by atoms with Gasteiger partial charge in [0.05, 0.1) is 0 Å². The molecule has 0 aliphatic carbocycles. The van der Waals surface area contributed by atoms with E-state index in [-0.39, 0.29) is 112 Å². The van der Waals surface area contributed by atoms with Gasteiger partial charge in [0.1, 0.15) is 24.0 Å². The van der Waals surface area contributed by atoms with Crippen molar-refractivity contribution >= 4 is 97.4 Å². The standard InChI is InChI=1S/C54H31B2N3O2.3Y/c1-5-18-36(19-6-1)57(37-20-7-2-8-21-37)40-32-48-54-52(33-40)61-51-35-50-43(34-44(51)56(54)42-27-14-16-29-46(42)59(48)39-24-11-4-12-25-39)55-41-26-13-15-28-45(41)58(38-22-9-3-10-23-38)47-30-17-31-49(60-50)53(47)55;;;/h1-18,20,22-31,34-35H;;;/q-4;;;. The predicted molar refractivity (Wildman–Crippen MR) is 248 cm³/mol. The fourth-order valence-electron chi connectivity index (χ4n) is 9.88. The van der Waals surface area contributed by atoms with E-state index in [0.717, 1.165) is 84.6 Å². The van der Waals surface area contributed by atoms with Crippen molar-refractivity contribution in [3.63, 3.8) is 0 Å². The van der Waals surface area contributed by atoms with Crippen molar-refractivity contribution in [3.05, 3.63) is 212 Å². The molecule has 0 atom stereocenters. The summed E-state index contributed by atoms with van der Waals surface area (Å²) in [5, 5.41) is 0. The van der Waals surface area contributed by atoms with Crippen molar-refractivity contribution in [2.45, 2.75) is 0 Å². The molecule has 293 valence electrons. The Morgan fingerprint density at radius 1 is 0.422 bits per heavy atom. The minimum Gasteiger partial charge on any atom is -0.508 e. The molecule has 0 bridgehead atoms. The fourth-order valence-corrected chi connectivity index (χ4v) is 9.88. The summed E-state index contributed by atoms with van der Waals surface area (Å²) < 4.78 is 14.1. The Morgan fingerprint density at radius 2 is 0.953 bits per heavy atom. The average molecular weight is 1040 g/mol. The van der Waals surface area contributed by atoms with Gasteiger partial charge in [-0.2, -0.15) is 59.9 Å². The maximum absolute atomic E-state index is 7.15. The van der Waals surface area contributed by atoms with E-state index in [1.807, 2.05) is 48.5 Å². The molecular formula is C54H31B2N3O2Y3-4. The first kappa shape index (κ1) is 43.3. The van der Waals surface area contributed by atoms with Gasteiger partial charge >= 0.3 is 0 Å². The van der Waals surface area contributed by atoms with Crippen LogP contribution in [0.3, 0.4) is 0 Å². The van der Waals surface area contributed by atoms with Crippen LogP contribution in [0.25, 0.3) is 0 Å². The Labute approximate surface area is 449 Å². The molecule has 0 amide bonds. The molecule has 5 nitrogen and oxygen atoms in total. The molecule has 10 heteroatoms. The molecule has 4 heterocycles. The first-order valence-electron chi connectivity index (χ1n) is 20.6. The third-order valence-corrected chi connectivity index (χ3v) is 12.3. The van der Waals surface area contributed by atoms with Crippen LogP contribution in [0.2, 0.25) is 0 Å². The normalized spacial score (nSPS) is 12.8. The van der Waals surface area contributed by atoms with Crippen LogP contribution < -0.4 is 57.0 Å². The second-order valence-electron chi connectivity index (χ2n) is 15.7. The molecule has 0 unspecified atom stereocenters. The first-order valence-corrected chi connectivity index (χ1v) is 20.6. The van der Waals surface area contributed by atoms with Crippen molar-refractivity contribution in [2.24, 2.45) is 0 Å². The van der Waals surface area contributed by atoms with Crippen LogP contribution in [0.5, 0.6) is 23.0 Å². The third-order valence-electron chi connectivity index (χ3n) is 12.3.